The monoisotopic (exact) mass is 643 g/mol. The Balaban J connectivity index is 1.93. The van der Waals surface area contributed by atoms with Crippen LogP contribution in [0.3, 0.4) is 0 Å². The number of amides is 4. The first-order valence-corrected chi connectivity index (χ1v) is 16.1. The lowest BCUT2D eigenvalue weighted by molar-refractivity contribution is -0.155. The van der Waals surface area contributed by atoms with Crippen molar-refractivity contribution < 1.29 is 24.3 Å². The Morgan fingerprint density at radius 1 is 0.745 bits per heavy atom. The summed E-state index contributed by atoms with van der Waals surface area (Å²) in [5, 5.41) is 21.1. The lowest BCUT2D eigenvalue weighted by Crippen LogP contribution is -2.64. The fourth-order valence-corrected chi connectivity index (χ4v) is 5.27. The van der Waals surface area contributed by atoms with Crippen LogP contribution in [0.2, 0.25) is 0 Å². The van der Waals surface area contributed by atoms with E-state index < -0.39 is 35.5 Å². The molecule has 0 saturated heterocycles. The van der Waals surface area contributed by atoms with Gasteiger partial charge >= 0.3 is 0 Å². The highest BCUT2D eigenvalue weighted by atomic mass is 16.3. The first-order chi connectivity index (χ1) is 22.3. The molecule has 0 radical (unpaired) electrons. The van der Waals surface area contributed by atoms with E-state index in [4.69, 9.17) is 0 Å². The molecule has 47 heavy (non-hydrogen) atoms. The second kappa shape index (κ2) is 17.4. The van der Waals surface area contributed by atoms with Crippen LogP contribution >= 0.6 is 0 Å². The third kappa shape index (κ3) is 11.3. The Morgan fingerprint density at radius 3 is 1.85 bits per heavy atom. The highest BCUT2D eigenvalue weighted by Crippen LogP contribution is 2.20. The van der Waals surface area contributed by atoms with E-state index in [9.17, 15) is 24.3 Å². The standard InChI is InChI=1S/C37H49N5O5/c1-25(2)34(38-27(5)43)35(45)41-42(23-30-17-20-32(21-18-30)31-15-11-8-12-16-31)24-33(22-19-29-13-9-7-10-14-29)39-36(46)37(47,26(3)4)40-28(6)44/h7-18,20-21,25-26,33-34,47H,19,22-24H2,1-6H3,(H,38,43)(H,39,46)(H,40,44)(H,41,45)/t33-,34-,37+/m0/s1. The first-order valence-electron chi connectivity index (χ1n) is 16.1. The second-order valence-corrected chi connectivity index (χ2v) is 12.6. The zero-order valence-corrected chi connectivity index (χ0v) is 28.2. The van der Waals surface area contributed by atoms with Crippen LogP contribution in [0.5, 0.6) is 0 Å². The summed E-state index contributed by atoms with van der Waals surface area (Å²) in [6, 6.07) is 26.5. The molecule has 0 saturated carbocycles. The van der Waals surface area contributed by atoms with Gasteiger partial charge in [0.1, 0.15) is 6.04 Å². The predicted molar refractivity (Wildman–Crippen MR) is 183 cm³/mol. The van der Waals surface area contributed by atoms with Gasteiger partial charge in [-0.1, -0.05) is 113 Å². The van der Waals surface area contributed by atoms with E-state index in [1.54, 1.807) is 18.9 Å². The zero-order valence-electron chi connectivity index (χ0n) is 28.2. The summed E-state index contributed by atoms with van der Waals surface area (Å²) in [7, 11) is 0. The molecule has 0 spiro atoms. The average molecular weight is 644 g/mol. The number of aliphatic hydroxyl groups is 1. The summed E-state index contributed by atoms with van der Waals surface area (Å²) in [5.74, 6) is -2.79. The van der Waals surface area contributed by atoms with Crippen molar-refractivity contribution in [2.24, 2.45) is 11.8 Å². The quantitative estimate of drug-likeness (QED) is 0.118. The van der Waals surface area contributed by atoms with Gasteiger partial charge in [0.05, 0.1) is 0 Å². The minimum absolute atomic E-state index is 0.171. The molecule has 0 aliphatic carbocycles. The van der Waals surface area contributed by atoms with E-state index in [2.05, 4.69) is 21.4 Å². The number of hydrogen-bond acceptors (Lipinski definition) is 6. The number of hydrogen-bond donors (Lipinski definition) is 5. The molecule has 3 aromatic carbocycles. The Labute approximate surface area is 278 Å². The molecule has 0 aliphatic rings. The highest BCUT2D eigenvalue weighted by Gasteiger charge is 2.41. The maximum Gasteiger partial charge on any atom is 0.273 e. The van der Waals surface area contributed by atoms with Crippen LogP contribution in [0.15, 0.2) is 84.9 Å². The van der Waals surface area contributed by atoms with Gasteiger partial charge in [0.25, 0.3) is 11.8 Å². The summed E-state index contributed by atoms with van der Waals surface area (Å²) >= 11 is 0. The first kappa shape index (κ1) is 36.9. The van der Waals surface area contributed by atoms with Crippen molar-refractivity contribution in [3.63, 3.8) is 0 Å². The van der Waals surface area contributed by atoms with Gasteiger partial charge in [-0.05, 0) is 41.0 Å². The molecule has 252 valence electrons. The van der Waals surface area contributed by atoms with Gasteiger partial charge in [0.2, 0.25) is 17.5 Å². The maximum absolute atomic E-state index is 13.6. The summed E-state index contributed by atoms with van der Waals surface area (Å²) in [6.07, 6.45) is 1.09. The van der Waals surface area contributed by atoms with Gasteiger partial charge < -0.3 is 21.1 Å². The van der Waals surface area contributed by atoms with Crippen LogP contribution in [-0.4, -0.2) is 58.1 Å². The van der Waals surface area contributed by atoms with Gasteiger partial charge in [0, 0.05) is 38.9 Å². The van der Waals surface area contributed by atoms with Gasteiger partial charge in [-0.2, -0.15) is 0 Å². The predicted octanol–water partition coefficient (Wildman–Crippen LogP) is 3.95. The molecule has 10 nitrogen and oxygen atoms in total. The molecule has 0 aliphatic heterocycles. The summed E-state index contributed by atoms with van der Waals surface area (Å²) in [4.78, 5) is 51.0. The SMILES string of the molecule is CC(=O)N[C@H](C(=O)NN(Cc1ccc(-c2ccccc2)cc1)C[C@H](CCc1ccccc1)NC(=O)[C@@](O)(NC(C)=O)C(C)C)C(C)C. The van der Waals surface area contributed by atoms with Crippen LogP contribution in [0.1, 0.15) is 59.1 Å². The number of hydrazine groups is 1. The highest BCUT2D eigenvalue weighted by molar-refractivity contribution is 5.89. The molecular formula is C37H49N5O5. The van der Waals surface area contributed by atoms with Crippen molar-refractivity contribution in [2.45, 2.75) is 78.7 Å². The van der Waals surface area contributed by atoms with Crippen molar-refractivity contribution in [3.05, 3.63) is 96.1 Å². The molecule has 3 aromatic rings. The molecule has 0 unspecified atom stereocenters. The number of nitrogens with zero attached hydrogens (tertiary/aromatic N) is 1. The van der Waals surface area contributed by atoms with Gasteiger partial charge in [0.15, 0.2) is 0 Å². The second-order valence-electron chi connectivity index (χ2n) is 12.6. The van der Waals surface area contributed by atoms with Crippen LogP contribution in [0.25, 0.3) is 11.1 Å². The molecule has 0 heterocycles. The average Bonchev–Trinajstić information content (AvgIpc) is 3.03. The molecule has 10 heteroatoms. The lowest BCUT2D eigenvalue weighted by Gasteiger charge is -2.35. The van der Waals surface area contributed by atoms with Crippen molar-refractivity contribution in [3.8, 4) is 11.1 Å². The van der Waals surface area contributed by atoms with E-state index in [-0.39, 0.29) is 24.3 Å². The number of rotatable bonds is 16. The lowest BCUT2D eigenvalue weighted by atomic mass is 9.97. The third-order valence-electron chi connectivity index (χ3n) is 7.96. The fraction of sp³-hybridized carbons (Fsp3) is 0.405. The van der Waals surface area contributed by atoms with E-state index >= 15 is 0 Å². The van der Waals surface area contributed by atoms with E-state index in [1.807, 2.05) is 98.8 Å². The Bertz CT molecular complexity index is 1460. The minimum atomic E-state index is -2.13. The smallest absolute Gasteiger partial charge is 0.273 e. The summed E-state index contributed by atoms with van der Waals surface area (Å²) in [5.41, 5.74) is 4.96. The van der Waals surface area contributed by atoms with Crippen LogP contribution < -0.4 is 21.4 Å². The summed E-state index contributed by atoms with van der Waals surface area (Å²) in [6.45, 7) is 10.1. The number of nitrogens with one attached hydrogen (secondary N) is 4. The molecule has 0 bridgehead atoms. The third-order valence-corrected chi connectivity index (χ3v) is 7.96. The molecule has 0 aromatic heterocycles. The van der Waals surface area contributed by atoms with E-state index in [1.165, 1.54) is 13.8 Å². The van der Waals surface area contributed by atoms with Crippen molar-refractivity contribution in [2.75, 3.05) is 6.54 Å². The zero-order chi connectivity index (χ0) is 34.6. The largest absolute Gasteiger partial charge is 0.363 e. The van der Waals surface area contributed by atoms with Gasteiger partial charge in [-0.15, -0.1) is 0 Å². The fourth-order valence-electron chi connectivity index (χ4n) is 5.27. The molecule has 4 amide bonds. The Hall–Kier alpha value is -4.54. The van der Waals surface area contributed by atoms with E-state index in [0.29, 0.717) is 19.4 Å². The molecule has 5 N–H and O–H groups in total. The summed E-state index contributed by atoms with van der Waals surface area (Å²) < 4.78 is 0. The normalized spacial score (nSPS) is 13.8. The Morgan fingerprint density at radius 2 is 1.32 bits per heavy atom. The number of carbonyl (C=O) groups excluding carboxylic acids is 4. The maximum atomic E-state index is 13.6. The Kier molecular flexibility index (Phi) is 13.7. The van der Waals surface area contributed by atoms with Gasteiger partial charge in [-0.25, -0.2) is 5.01 Å². The van der Waals surface area contributed by atoms with E-state index in [0.717, 1.165) is 22.3 Å². The minimum Gasteiger partial charge on any atom is -0.363 e. The van der Waals surface area contributed by atoms with Gasteiger partial charge in [-0.3, -0.25) is 24.6 Å². The van der Waals surface area contributed by atoms with Crippen LogP contribution in [0, 0.1) is 11.8 Å². The van der Waals surface area contributed by atoms with Crippen molar-refractivity contribution in [1.82, 2.24) is 26.4 Å². The van der Waals surface area contributed by atoms with Crippen molar-refractivity contribution in [1.29, 1.82) is 0 Å². The molecule has 3 rings (SSSR count). The molecule has 3 atom stereocenters. The number of aryl methyl sites for hydroxylation is 1. The van der Waals surface area contributed by atoms with Crippen molar-refractivity contribution >= 4 is 23.6 Å². The number of benzene rings is 3. The van der Waals surface area contributed by atoms with Crippen LogP contribution in [0.4, 0.5) is 0 Å². The topological polar surface area (TPSA) is 140 Å². The van der Waals surface area contributed by atoms with Crippen LogP contribution in [-0.2, 0) is 32.1 Å². The molecular weight excluding hydrogens is 594 g/mol. The number of carbonyl (C=O) groups is 4. The molecule has 0 fully saturated rings.